The summed E-state index contributed by atoms with van der Waals surface area (Å²) < 4.78 is 27.7. The summed E-state index contributed by atoms with van der Waals surface area (Å²) in [5.74, 6) is -0.526. The number of pyridine rings is 1. The van der Waals surface area contributed by atoms with E-state index in [4.69, 9.17) is 11.6 Å². The molecule has 0 aliphatic rings. The van der Waals surface area contributed by atoms with Crippen molar-refractivity contribution in [3.05, 3.63) is 89.2 Å². The van der Waals surface area contributed by atoms with Gasteiger partial charge in [0.15, 0.2) is 0 Å². The van der Waals surface area contributed by atoms with E-state index in [1.165, 1.54) is 24.3 Å². The topological polar surface area (TPSA) is 101 Å². The van der Waals surface area contributed by atoms with Gasteiger partial charge in [0.05, 0.1) is 10.6 Å². The average Bonchev–Trinajstić information content (AvgIpc) is 2.74. The fourth-order valence-corrected chi connectivity index (χ4v) is 3.62. The number of hydrazone groups is 1. The highest BCUT2D eigenvalue weighted by atomic mass is 35.5. The summed E-state index contributed by atoms with van der Waals surface area (Å²) in [5, 5.41) is 4.54. The van der Waals surface area contributed by atoms with Crippen LogP contribution in [0.2, 0.25) is 5.02 Å². The average molecular weight is 429 g/mol. The van der Waals surface area contributed by atoms with E-state index in [0.717, 1.165) is 5.56 Å². The Bertz CT molecular complexity index is 1150. The number of halogens is 1. The van der Waals surface area contributed by atoms with Crippen molar-refractivity contribution in [1.82, 2.24) is 10.4 Å². The van der Waals surface area contributed by atoms with Crippen molar-refractivity contribution in [3.8, 4) is 0 Å². The zero-order valence-corrected chi connectivity index (χ0v) is 16.9. The molecule has 148 valence electrons. The molecule has 0 saturated carbocycles. The Morgan fingerprint density at radius 1 is 1.00 bits per heavy atom. The fraction of sp³-hybridized carbons (Fsp3) is 0.0500. The van der Waals surface area contributed by atoms with Crippen LogP contribution in [0.4, 0.5) is 5.69 Å². The van der Waals surface area contributed by atoms with Gasteiger partial charge >= 0.3 is 0 Å². The van der Waals surface area contributed by atoms with E-state index in [-0.39, 0.29) is 10.5 Å². The molecule has 0 aliphatic heterocycles. The minimum atomic E-state index is -3.87. The lowest BCUT2D eigenvalue weighted by Crippen LogP contribution is -2.20. The third-order valence-corrected chi connectivity index (χ3v) is 5.56. The predicted octanol–water partition coefficient (Wildman–Crippen LogP) is 3.69. The molecule has 0 fully saturated rings. The Kier molecular flexibility index (Phi) is 6.26. The quantitative estimate of drug-likeness (QED) is 0.461. The Labute approximate surface area is 173 Å². The van der Waals surface area contributed by atoms with Crippen LogP contribution in [0.1, 0.15) is 22.8 Å². The molecule has 7 nitrogen and oxygen atoms in total. The summed E-state index contributed by atoms with van der Waals surface area (Å²) in [6, 6.07) is 15.5. The van der Waals surface area contributed by atoms with Crippen molar-refractivity contribution in [2.24, 2.45) is 5.10 Å². The van der Waals surface area contributed by atoms with Crippen LogP contribution in [-0.4, -0.2) is 25.0 Å². The maximum Gasteiger partial charge on any atom is 0.271 e. The molecule has 3 rings (SSSR count). The molecule has 0 spiro atoms. The first kappa shape index (κ1) is 20.5. The number of anilines is 1. The van der Waals surface area contributed by atoms with Gasteiger partial charge in [-0.3, -0.25) is 14.5 Å². The van der Waals surface area contributed by atoms with Crippen LogP contribution >= 0.6 is 11.6 Å². The summed E-state index contributed by atoms with van der Waals surface area (Å²) >= 11 is 5.81. The lowest BCUT2D eigenvalue weighted by Gasteiger charge is -2.09. The molecule has 1 heterocycles. The fourth-order valence-electron chi connectivity index (χ4n) is 2.39. The molecular formula is C20H17ClN4O3S. The molecule has 2 aromatic carbocycles. The van der Waals surface area contributed by atoms with Crippen LogP contribution in [0.5, 0.6) is 0 Å². The van der Waals surface area contributed by atoms with E-state index >= 15 is 0 Å². The van der Waals surface area contributed by atoms with Crippen molar-refractivity contribution >= 4 is 38.9 Å². The van der Waals surface area contributed by atoms with E-state index in [0.29, 0.717) is 16.4 Å². The Hall–Kier alpha value is -3.23. The van der Waals surface area contributed by atoms with Crippen LogP contribution in [0.25, 0.3) is 0 Å². The standard InChI is InChI=1S/C20H17ClN4O3S/c1-14(15-9-11-22-12-10-15)23-24-20(26)16-3-2-4-19(13-16)29(27,28)25-18-7-5-17(21)6-8-18/h2-13,25H,1H3,(H,24,26). The van der Waals surface area contributed by atoms with Gasteiger partial charge in [0, 0.05) is 34.2 Å². The maximum absolute atomic E-state index is 12.6. The van der Waals surface area contributed by atoms with Gasteiger partial charge in [0.1, 0.15) is 0 Å². The number of carbonyl (C=O) groups excluding carboxylic acids is 1. The second-order valence-electron chi connectivity index (χ2n) is 6.01. The number of carbonyl (C=O) groups is 1. The summed E-state index contributed by atoms with van der Waals surface area (Å²) in [4.78, 5) is 16.3. The van der Waals surface area contributed by atoms with Crippen LogP contribution < -0.4 is 10.1 Å². The Morgan fingerprint density at radius 3 is 2.38 bits per heavy atom. The number of sulfonamides is 1. The number of nitrogens with one attached hydrogen (secondary N) is 2. The van der Waals surface area contributed by atoms with Gasteiger partial charge < -0.3 is 0 Å². The molecule has 0 aliphatic carbocycles. The Morgan fingerprint density at radius 2 is 1.69 bits per heavy atom. The second kappa shape index (κ2) is 8.85. The molecule has 0 saturated heterocycles. The van der Waals surface area contributed by atoms with E-state index in [2.05, 4.69) is 20.2 Å². The largest absolute Gasteiger partial charge is 0.280 e. The molecule has 1 aromatic heterocycles. The van der Waals surface area contributed by atoms with Crippen LogP contribution in [0, 0.1) is 0 Å². The number of hydrogen-bond acceptors (Lipinski definition) is 5. The van der Waals surface area contributed by atoms with E-state index in [9.17, 15) is 13.2 Å². The van der Waals surface area contributed by atoms with Gasteiger partial charge in [-0.2, -0.15) is 5.10 Å². The molecule has 3 aromatic rings. The van der Waals surface area contributed by atoms with Crippen molar-refractivity contribution in [3.63, 3.8) is 0 Å². The number of hydrogen-bond donors (Lipinski definition) is 2. The van der Waals surface area contributed by atoms with Crippen molar-refractivity contribution < 1.29 is 13.2 Å². The van der Waals surface area contributed by atoms with E-state index in [1.54, 1.807) is 55.7 Å². The lowest BCUT2D eigenvalue weighted by atomic mass is 10.2. The second-order valence-corrected chi connectivity index (χ2v) is 8.13. The van der Waals surface area contributed by atoms with Gasteiger partial charge in [-0.25, -0.2) is 13.8 Å². The molecular weight excluding hydrogens is 412 g/mol. The van der Waals surface area contributed by atoms with Crippen molar-refractivity contribution in [1.29, 1.82) is 0 Å². The number of amides is 1. The Balaban J connectivity index is 1.76. The van der Waals surface area contributed by atoms with Gasteiger partial charge in [-0.15, -0.1) is 0 Å². The summed E-state index contributed by atoms with van der Waals surface area (Å²) in [7, 11) is -3.87. The zero-order chi connectivity index (χ0) is 20.9. The summed E-state index contributed by atoms with van der Waals surface area (Å²) in [6.45, 7) is 1.74. The summed E-state index contributed by atoms with van der Waals surface area (Å²) in [5.41, 5.74) is 4.36. The highest BCUT2D eigenvalue weighted by Crippen LogP contribution is 2.19. The molecule has 0 radical (unpaired) electrons. The third-order valence-electron chi connectivity index (χ3n) is 3.93. The lowest BCUT2D eigenvalue weighted by molar-refractivity contribution is 0.0954. The first-order valence-electron chi connectivity index (χ1n) is 8.49. The molecule has 29 heavy (non-hydrogen) atoms. The molecule has 0 unspecified atom stereocenters. The molecule has 0 atom stereocenters. The van der Waals surface area contributed by atoms with E-state index < -0.39 is 15.9 Å². The number of benzene rings is 2. The van der Waals surface area contributed by atoms with Crippen LogP contribution in [-0.2, 0) is 10.0 Å². The van der Waals surface area contributed by atoms with Gasteiger partial charge in [0.25, 0.3) is 15.9 Å². The smallest absolute Gasteiger partial charge is 0.271 e. The minimum absolute atomic E-state index is 0.0464. The predicted molar refractivity (Wildman–Crippen MR) is 113 cm³/mol. The van der Waals surface area contributed by atoms with Crippen LogP contribution in [0.15, 0.2) is 83.1 Å². The van der Waals surface area contributed by atoms with Gasteiger partial charge in [-0.1, -0.05) is 17.7 Å². The first-order valence-corrected chi connectivity index (χ1v) is 10.3. The zero-order valence-electron chi connectivity index (χ0n) is 15.3. The molecule has 0 bridgehead atoms. The number of nitrogens with zero attached hydrogens (tertiary/aromatic N) is 2. The SMILES string of the molecule is CC(=NNC(=O)c1cccc(S(=O)(=O)Nc2ccc(Cl)cc2)c1)c1ccncc1. The molecule has 1 amide bonds. The first-order chi connectivity index (χ1) is 13.8. The minimum Gasteiger partial charge on any atom is -0.280 e. The van der Waals surface area contributed by atoms with Gasteiger partial charge in [-0.05, 0) is 61.5 Å². The summed E-state index contributed by atoms with van der Waals surface area (Å²) in [6.07, 6.45) is 3.25. The van der Waals surface area contributed by atoms with Crippen molar-refractivity contribution in [2.45, 2.75) is 11.8 Å². The van der Waals surface area contributed by atoms with Crippen molar-refractivity contribution in [2.75, 3.05) is 4.72 Å². The van der Waals surface area contributed by atoms with Crippen LogP contribution in [0.3, 0.4) is 0 Å². The highest BCUT2D eigenvalue weighted by molar-refractivity contribution is 7.92. The highest BCUT2D eigenvalue weighted by Gasteiger charge is 2.16. The molecule has 2 N–H and O–H groups in total. The number of rotatable bonds is 6. The third kappa shape index (κ3) is 5.40. The van der Waals surface area contributed by atoms with E-state index in [1.807, 2.05) is 0 Å². The molecule has 9 heteroatoms. The normalized spacial score (nSPS) is 11.7. The number of aromatic nitrogens is 1. The maximum atomic E-state index is 12.6. The monoisotopic (exact) mass is 428 g/mol. The van der Waals surface area contributed by atoms with Gasteiger partial charge in [0.2, 0.25) is 0 Å².